The quantitative estimate of drug-likeness (QED) is 0.509. The number of thiol groups is 1. The van der Waals surface area contributed by atoms with Crippen LogP contribution in [0.25, 0.3) is 0 Å². The normalized spacial score (nSPS) is 18.9. The molecule has 1 aromatic rings. The highest BCUT2D eigenvalue weighted by molar-refractivity contribution is 7.80. The van der Waals surface area contributed by atoms with Crippen molar-refractivity contribution in [2.24, 2.45) is 5.92 Å². The Hall–Kier alpha value is -1.47. The van der Waals surface area contributed by atoms with E-state index in [1.807, 2.05) is 0 Å². The first-order valence-electron chi connectivity index (χ1n) is 5.52. The number of carbonyl (C=O) groups excluding carboxylic acids is 1. The standard InChI is InChI=1S/C11H11ClN2O4S/c12-7-2-8(11(16)9(3-7)14(17)18)13-4-6(5-19)1-10(13)15/h2-3,6,16,19H,1,4-5H2. The van der Waals surface area contributed by atoms with Gasteiger partial charge in [-0.3, -0.25) is 14.9 Å². The first-order valence-corrected chi connectivity index (χ1v) is 6.53. The van der Waals surface area contributed by atoms with Crippen LogP contribution in [-0.2, 0) is 4.79 Å². The second-order valence-electron chi connectivity index (χ2n) is 4.31. The Morgan fingerprint density at radius 1 is 1.58 bits per heavy atom. The summed E-state index contributed by atoms with van der Waals surface area (Å²) in [5, 5.41) is 20.8. The molecule has 1 saturated heterocycles. The van der Waals surface area contributed by atoms with Crippen LogP contribution in [0, 0.1) is 16.0 Å². The summed E-state index contributed by atoms with van der Waals surface area (Å²) < 4.78 is 0. The molecular formula is C11H11ClN2O4S. The first-order chi connectivity index (χ1) is 8.93. The number of halogens is 1. The number of carbonyl (C=O) groups is 1. The minimum atomic E-state index is -0.735. The number of anilines is 1. The van der Waals surface area contributed by atoms with Crippen LogP contribution < -0.4 is 4.90 Å². The minimum Gasteiger partial charge on any atom is -0.501 e. The number of benzene rings is 1. The average molecular weight is 303 g/mol. The third kappa shape index (κ3) is 2.62. The highest BCUT2D eigenvalue weighted by atomic mass is 35.5. The molecule has 1 fully saturated rings. The molecule has 1 unspecified atom stereocenters. The van der Waals surface area contributed by atoms with Crippen molar-refractivity contribution in [1.29, 1.82) is 0 Å². The number of phenols is 1. The molecule has 1 amide bonds. The molecule has 1 aliphatic heterocycles. The van der Waals surface area contributed by atoms with E-state index in [-0.39, 0.29) is 22.5 Å². The van der Waals surface area contributed by atoms with Gasteiger partial charge in [0.1, 0.15) is 0 Å². The van der Waals surface area contributed by atoms with Crippen LogP contribution >= 0.6 is 24.2 Å². The largest absolute Gasteiger partial charge is 0.501 e. The topological polar surface area (TPSA) is 83.7 Å². The van der Waals surface area contributed by atoms with Crippen LogP contribution in [0.4, 0.5) is 11.4 Å². The van der Waals surface area contributed by atoms with E-state index in [1.165, 1.54) is 11.0 Å². The van der Waals surface area contributed by atoms with Crippen molar-refractivity contribution in [2.45, 2.75) is 6.42 Å². The van der Waals surface area contributed by atoms with Gasteiger partial charge in [-0.2, -0.15) is 12.6 Å². The lowest BCUT2D eigenvalue weighted by Gasteiger charge is -2.18. The summed E-state index contributed by atoms with van der Waals surface area (Å²) >= 11 is 9.93. The fraction of sp³-hybridized carbons (Fsp3) is 0.364. The van der Waals surface area contributed by atoms with Gasteiger partial charge in [-0.1, -0.05) is 11.6 Å². The minimum absolute atomic E-state index is 0.0632. The lowest BCUT2D eigenvalue weighted by atomic mass is 10.1. The van der Waals surface area contributed by atoms with Crippen molar-refractivity contribution in [2.75, 3.05) is 17.2 Å². The lowest BCUT2D eigenvalue weighted by molar-refractivity contribution is -0.385. The molecule has 19 heavy (non-hydrogen) atoms. The van der Waals surface area contributed by atoms with Crippen LogP contribution in [0.5, 0.6) is 5.75 Å². The fourth-order valence-corrected chi connectivity index (χ4v) is 2.50. The summed E-state index contributed by atoms with van der Waals surface area (Å²) in [4.78, 5) is 23.3. The van der Waals surface area contributed by atoms with Gasteiger partial charge in [0.05, 0.1) is 10.6 Å². The molecule has 8 heteroatoms. The Kier molecular flexibility index (Phi) is 3.86. The van der Waals surface area contributed by atoms with Crippen molar-refractivity contribution in [3.63, 3.8) is 0 Å². The highest BCUT2D eigenvalue weighted by Gasteiger charge is 2.33. The number of hydrogen-bond donors (Lipinski definition) is 2. The maximum absolute atomic E-state index is 11.9. The van der Waals surface area contributed by atoms with E-state index in [0.29, 0.717) is 18.7 Å². The monoisotopic (exact) mass is 302 g/mol. The average Bonchev–Trinajstić information content (AvgIpc) is 2.72. The van der Waals surface area contributed by atoms with Gasteiger partial charge in [-0.25, -0.2) is 0 Å². The number of hydrogen-bond acceptors (Lipinski definition) is 5. The second kappa shape index (κ2) is 5.26. The van der Waals surface area contributed by atoms with E-state index in [9.17, 15) is 20.0 Å². The van der Waals surface area contributed by atoms with Gasteiger partial charge in [0.15, 0.2) is 0 Å². The summed E-state index contributed by atoms with van der Waals surface area (Å²) in [5.74, 6) is -0.146. The van der Waals surface area contributed by atoms with Crippen LogP contribution in [0.15, 0.2) is 12.1 Å². The van der Waals surface area contributed by atoms with Crippen LogP contribution in [-0.4, -0.2) is 28.2 Å². The van der Waals surface area contributed by atoms with Gasteiger partial charge >= 0.3 is 5.69 Å². The first kappa shape index (κ1) is 14.0. The Bertz CT molecular complexity index is 552. The molecule has 1 heterocycles. The molecular weight excluding hydrogens is 292 g/mol. The molecule has 0 aromatic heterocycles. The Balaban J connectivity index is 2.45. The van der Waals surface area contributed by atoms with Crippen molar-refractivity contribution in [3.8, 4) is 5.75 Å². The zero-order valence-corrected chi connectivity index (χ0v) is 11.4. The molecule has 0 radical (unpaired) electrons. The molecule has 0 saturated carbocycles. The molecule has 0 bridgehead atoms. The summed E-state index contributed by atoms with van der Waals surface area (Å²) in [7, 11) is 0. The van der Waals surface area contributed by atoms with E-state index in [2.05, 4.69) is 12.6 Å². The van der Waals surface area contributed by atoms with Gasteiger partial charge in [0.2, 0.25) is 11.7 Å². The molecule has 0 aliphatic carbocycles. The van der Waals surface area contributed by atoms with Gasteiger partial charge < -0.3 is 10.0 Å². The maximum Gasteiger partial charge on any atom is 0.314 e. The van der Waals surface area contributed by atoms with E-state index >= 15 is 0 Å². The number of nitro groups is 1. The zero-order valence-electron chi connectivity index (χ0n) is 9.74. The number of amides is 1. The lowest BCUT2D eigenvalue weighted by Crippen LogP contribution is -2.24. The van der Waals surface area contributed by atoms with Crippen LogP contribution in [0.2, 0.25) is 5.02 Å². The summed E-state index contributed by atoms with van der Waals surface area (Å²) in [5.41, 5.74) is -0.432. The number of nitrogens with zero attached hydrogens (tertiary/aromatic N) is 2. The number of rotatable bonds is 3. The van der Waals surface area contributed by atoms with Gasteiger partial charge in [0, 0.05) is 24.1 Å². The van der Waals surface area contributed by atoms with Crippen LogP contribution in [0.3, 0.4) is 0 Å². The van der Waals surface area contributed by atoms with Crippen molar-refractivity contribution in [3.05, 3.63) is 27.3 Å². The Morgan fingerprint density at radius 2 is 2.26 bits per heavy atom. The van der Waals surface area contributed by atoms with Crippen LogP contribution in [0.1, 0.15) is 6.42 Å². The third-order valence-electron chi connectivity index (χ3n) is 2.99. The molecule has 6 nitrogen and oxygen atoms in total. The molecule has 1 atom stereocenters. The smallest absolute Gasteiger partial charge is 0.314 e. The van der Waals surface area contributed by atoms with Crippen molar-refractivity contribution in [1.82, 2.24) is 0 Å². The van der Waals surface area contributed by atoms with Crippen molar-refractivity contribution < 1.29 is 14.8 Å². The highest BCUT2D eigenvalue weighted by Crippen LogP contribution is 2.41. The molecule has 0 spiro atoms. The van der Waals surface area contributed by atoms with E-state index < -0.39 is 16.4 Å². The Morgan fingerprint density at radius 3 is 2.79 bits per heavy atom. The number of nitro benzene ring substituents is 1. The number of phenolic OH excluding ortho intramolecular Hbond substituents is 1. The number of aromatic hydroxyl groups is 1. The maximum atomic E-state index is 11.9. The predicted molar refractivity (Wildman–Crippen MR) is 74.1 cm³/mol. The second-order valence-corrected chi connectivity index (χ2v) is 5.11. The van der Waals surface area contributed by atoms with Crippen molar-refractivity contribution >= 4 is 41.5 Å². The zero-order chi connectivity index (χ0) is 14.2. The molecule has 102 valence electrons. The summed E-state index contributed by atoms with van der Waals surface area (Å²) in [6, 6.07) is 2.40. The van der Waals surface area contributed by atoms with E-state index in [4.69, 9.17) is 11.6 Å². The van der Waals surface area contributed by atoms with Gasteiger partial charge in [-0.05, 0) is 17.7 Å². The third-order valence-corrected chi connectivity index (χ3v) is 3.72. The van der Waals surface area contributed by atoms with Gasteiger partial charge in [-0.15, -0.1) is 0 Å². The molecule has 1 aromatic carbocycles. The SMILES string of the molecule is O=C1CC(CS)CN1c1cc(Cl)cc([N+](=O)[O-])c1O. The summed E-state index contributed by atoms with van der Waals surface area (Å²) in [6.45, 7) is 0.368. The van der Waals surface area contributed by atoms with E-state index in [0.717, 1.165) is 6.07 Å². The summed E-state index contributed by atoms with van der Waals surface area (Å²) in [6.07, 6.45) is 0.309. The Labute approximate surface area is 119 Å². The fourth-order valence-electron chi connectivity index (χ4n) is 2.05. The molecule has 1 aliphatic rings. The van der Waals surface area contributed by atoms with Gasteiger partial charge in [0.25, 0.3) is 0 Å². The predicted octanol–water partition coefficient (Wildman–Crippen LogP) is 2.24. The van der Waals surface area contributed by atoms with E-state index in [1.54, 1.807) is 0 Å². The molecule has 2 rings (SSSR count). The molecule has 1 N–H and O–H groups in total.